The molecule has 0 saturated carbocycles. The molecule has 0 bridgehead atoms. The van der Waals surface area contributed by atoms with Gasteiger partial charge >= 0.3 is 0 Å². The van der Waals surface area contributed by atoms with Crippen LogP contribution in [0, 0.1) is 12.7 Å². The highest BCUT2D eigenvalue weighted by Gasteiger charge is 2.06. The summed E-state index contributed by atoms with van der Waals surface area (Å²) in [7, 11) is 1.90. The molecule has 0 aliphatic rings. The van der Waals surface area contributed by atoms with E-state index in [0.717, 1.165) is 6.42 Å². The van der Waals surface area contributed by atoms with Gasteiger partial charge in [0.25, 0.3) is 0 Å². The Balaban J connectivity index is 2.47. The van der Waals surface area contributed by atoms with Crippen LogP contribution in [-0.4, -0.2) is 19.7 Å². The van der Waals surface area contributed by atoms with E-state index < -0.39 is 0 Å². The first-order valence-corrected chi connectivity index (χ1v) is 5.20. The second-order valence-electron chi connectivity index (χ2n) is 3.71. The van der Waals surface area contributed by atoms with Crippen LogP contribution in [0.2, 0.25) is 0 Å². The summed E-state index contributed by atoms with van der Waals surface area (Å²) < 4.78 is 18.8. The molecule has 1 rings (SSSR count). The quantitative estimate of drug-likeness (QED) is 0.808. The van der Waals surface area contributed by atoms with Crippen molar-refractivity contribution < 1.29 is 9.13 Å². The van der Waals surface area contributed by atoms with Crippen LogP contribution in [-0.2, 0) is 0 Å². The minimum atomic E-state index is -0.255. The van der Waals surface area contributed by atoms with Gasteiger partial charge in [0, 0.05) is 6.04 Å². The van der Waals surface area contributed by atoms with Crippen LogP contribution in [0.1, 0.15) is 18.9 Å². The van der Waals surface area contributed by atoms with E-state index in [1.165, 1.54) is 0 Å². The van der Waals surface area contributed by atoms with Gasteiger partial charge in [0.15, 0.2) is 11.6 Å². The van der Waals surface area contributed by atoms with Gasteiger partial charge in [0.1, 0.15) is 0 Å². The van der Waals surface area contributed by atoms with Gasteiger partial charge in [-0.15, -0.1) is 0 Å². The SMILES string of the molecule is CNC(C)CCOc1cccc(C)c1F. The van der Waals surface area contributed by atoms with Gasteiger partial charge in [-0.05, 0) is 38.9 Å². The number of rotatable bonds is 5. The van der Waals surface area contributed by atoms with Gasteiger partial charge in [-0.25, -0.2) is 4.39 Å². The smallest absolute Gasteiger partial charge is 0.167 e. The molecule has 0 spiro atoms. The Morgan fingerprint density at radius 1 is 1.47 bits per heavy atom. The zero-order valence-corrected chi connectivity index (χ0v) is 9.51. The fraction of sp³-hybridized carbons (Fsp3) is 0.500. The molecule has 1 aromatic rings. The molecule has 0 saturated heterocycles. The molecule has 1 unspecified atom stereocenters. The van der Waals surface area contributed by atoms with Gasteiger partial charge in [-0.2, -0.15) is 0 Å². The Hall–Kier alpha value is -1.09. The van der Waals surface area contributed by atoms with Gasteiger partial charge in [-0.1, -0.05) is 12.1 Å². The molecule has 1 aromatic carbocycles. The van der Waals surface area contributed by atoms with Crippen LogP contribution in [0.15, 0.2) is 18.2 Å². The van der Waals surface area contributed by atoms with Gasteiger partial charge in [0.05, 0.1) is 6.61 Å². The highest BCUT2D eigenvalue weighted by molar-refractivity contribution is 5.29. The van der Waals surface area contributed by atoms with E-state index in [-0.39, 0.29) is 5.82 Å². The van der Waals surface area contributed by atoms with Crippen molar-refractivity contribution in [3.8, 4) is 5.75 Å². The van der Waals surface area contributed by atoms with Crippen molar-refractivity contribution in [1.29, 1.82) is 0 Å². The maximum atomic E-state index is 13.5. The molecule has 0 radical (unpaired) electrons. The molecule has 0 aromatic heterocycles. The number of ether oxygens (including phenoxy) is 1. The van der Waals surface area contributed by atoms with E-state index in [2.05, 4.69) is 12.2 Å². The highest BCUT2D eigenvalue weighted by Crippen LogP contribution is 2.19. The number of hydrogen-bond donors (Lipinski definition) is 1. The number of nitrogens with one attached hydrogen (secondary N) is 1. The van der Waals surface area contributed by atoms with Crippen LogP contribution < -0.4 is 10.1 Å². The van der Waals surface area contributed by atoms with Crippen LogP contribution >= 0.6 is 0 Å². The Morgan fingerprint density at radius 3 is 2.87 bits per heavy atom. The second kappa shape index (κ2) is 5.71. The first kappa shape index (κ1) is 12.0. The maximum absolute atomic E-state index is 13.5. The van der Waals surface area contributed by atoms with Crippen LogP contribution in [0.5, 0.6) is 5.75 Å². The predicted octanol–water partition coefficient (Wildman–Crippen LogP) is 2.51. The molecule has 1 N–H and O–H groups in total. The summed E-state index contributed by atoms with van der Waals surface area (Å²) in [6.45, 7) is 4.33. The monoisotopic (exact) mass is 211 g/mol. The third kappa shape index (κ3) is 3.51. The molecule has 1 atom stereocenters. The minimum Gasteiger partial charge on any atom is -0.490 e. The van der Waals surface area contributed by atoms with Crippen molar-refractivity contribution in [2.24, 2.45) is 0 Å². The fourth-order valence-corrected chi connectivity index (χ4v) is 1.22. The van der Waals surface area contributed by atoms with Crippen LogP contribution in [0.25, 0.3) is 0 Å². The molecule has 0 aliphatic carbocycles. The average Bonchev–Trinajstić information content (AvgIpc) is 2.24. The second-order valence-corrected chi connectivity index (χ2v) is 3.71. The van der Waals surface area contributed by atoms with Crippen molar-refractivity contribution in [1.82, 2.24) is 5.32 Å². The van der Waals surface area contributed by atoms with Crippen LogP contribution in [0.4, 0.5) is 4.39 Å². The first-order valence-electron chi connectivity index (χ1n) is 5.20. The third-order valence-corrected chi connectivity index (χ3v) is 2.46. The van der Waals surface area contributed by atoms with E-state index in [9.17, 15) is 4.39 Å². The minimum absolute atomic E-state index is 0.255. The number of benzene rings is 1. The van der Waals surface area contributed by atoms with Gasteiger partial charge < -0.3 is 10.1 Å². The molecular formula is C12H18FNO. The molecule has 84 valence electrons. The molecule has 15 heavy (non-hydrogen) atoms. The van der Waals surface area contributed by atoms with Crippen molar-refractivity contribution in [2.75, 3.05) is 13.7 Å². The lowest BCUT2D eigenvalue weighted by Crippen LogP contribution is -2.23. The van der Waals surface area contributed by atoms with Crippen LogP contribution in [0.3, 0.4) is 0 Å². The average molecular weight is 211 g/mol. The summed E-state index contributed by atoms with van der Waals surface area (Å²) >= 11 is 0. The molecule has 0 aliphatic heterocycles. The Morgan fingerprint density at radius 2 is 2.20 bits per heavy atom. The number of hydrogen-bond acceptors (Lipinski definition) is 2. The van der Waals surface area contributed by atoms with Crippen molar-refractivity contribution >= 4 is 0 Å². The molecule has 2 nitrogen and oxygen atoms in total. The van der Waals surface area contributed by atoms with E-state index >= 15 is 0 Å². The third-order valence-electron chi connectivity index (χ3n) is 2.46. The highest BCUT2D eigenvalue weighted by atomic mass is 19.1. The summed E-state index contributed by atoms with van der Waals surface area (Å²) in [6, 6.07) is 5.58. The summed E-state index contributed by atoms with van der Waals surface area (Å²) in [5.41, 5.74) is 0.620. The van der Waals surface area contributed by atoms with E-state index in [4.69, 9.17) is 4.74 Å². The largest absolute Gasteiger partial charge is 0.490 e. The summed E-state index contributed by atoms with van der Waals surface area (Å²) in [4.78, 5) is 0. The van der Waals surface area contributed by atoms with E-state index in [0.29, 0.717) is 24.0 Å². The molecular weight excluding hydrogens is 193 g/mol. The molecule has 3 heteroatoms. The lowest BCUT2D eigenvalue weighted by Gasteiger charge is -2.12. The van der Waals surface area contributed by atoms with Crippen molar-refractivity contribution in [3.63, 3.8) is 0 Å². The summed E-state index contributed by atoms with van der Waals surface area (Å²) in [6.07, 6.45) is 0.865. The topological polar surface area (TPSA) is 21.3 Å². The summed E-state index contributed by atoms with van der Waals surface area (Å²) in [5.74, 6) is 0.0907. The van der Waals surface area contributed by atoms with Crippen molar-refractivity contribution in [2.45, 2.75) is 26.3 Å². The van der Waals surface area contributed by atoms with E-state index in [1.807, 2.05) is 7.05 Å². The summed E-state index contributed by atoms with van der Waals surface area (Å²) in [5, 5.41) is 3.10. The zero-order valence-electron chi connectivity index (χ0n) is 9.51. The number of halogens is 1. The molecule has 0 fully saturated rings. The van der Waals surface area contributed by atoms with Gasteiger partial charge in [0.2, 0.25) is 0 Å². The molecule has 0 amide bonds. The fourth-order valence-electron chi connectivity index (χ4n) is 1.22. The molecule has 0 heterocycles. The lowest BCUT2D eigenvalue weighted by atomic mass is 10.2. The number of aryl methyl sites for hydroxylation is 1. The van der Waals surface area contributed by atoms with E-state index in [1.54, 1.807) is 25.1 Å². The van der Waals surface area contributed by atoms with Crippen molar-refractivity contribution in [3.05, 3.63) is 29.6 Å². The Kier molecular flexibility index (Phi) is 4.56. The van der Waals surface area contributed by atoms with Gasteiger partial charge in [-0.3, -0.25) is 0 Å². The first-order chi connectivity index (χ1) is 7.15. The lowest BCUT2D eigenvalue weighted by molar-refractivity contribution is 0.280. The standard InChI is InChI=1S/C12H18FNO/c1-9-5-4-6-11(12(9)13)15-8-7-10(2)14-3/h4-6,10,14H,7-8H2,1-3H3. The zero-order chi connectivity index (χ0) is 11.3. The predicted molar refractivity (Wildman–Crippen MR) is 59.8 cm³/mol. The Labute approximate surface area is 90.4 Å². The maximum Gasteiger partial charge on any atom is 0.167 e. The Bertz CT molecular complexity index is 314. The normalized spacial score (nSPS) is 12.5.